The number of rotatable bonds is 8. The first-order chi connectivity index (χ1) is 9.87. The molecule has 0 saturated carbocycles. The Balaban J connectivity index is 2.99. The van der Waals surface area contributed by atoms with Crippen LogP contribution in [0.15, 0.2) is 18.2 Å². The summed E-state index contributed by atoms with van der Waals surface area (Å²) in [6.07, 6.45) is 1.86. The van der Waals surface area contributed by atoms with Gasteiger partial charge in [0.1, 0.15) is 5.75 Å². The van der Waals surface area contributed by atoms with E-state index in [-0.39, 0.29) is 29.7 Å². The molecule has 0 amide bonds. The average molecular weight is 314 g/mol. The van der Waals surface area contributed by atoms with E-state index in [4.69, 9.17) is 4.74 Å². The molecule has 21 heavy (non-hydrogen) atoms. The predicted molar refractivity (Wildman–Crippen MR) is 86.3 cm³/mol. The number of benzene rings is 1. The highest BCUT2D eigenvalue weighted by Gasteiger charge is 2.17. The number of nitrogens with zero attached hydrogens (tertiary/aromatic N) is 1. The van der Waals surface area contributed by atoms with Crippen LogP contribution in [0.2, 0.25) is 0 Å². The Morgan fingerprint density at radius 3 is 2.52 bits per heavy atom. The van der Waals surface area contributed by atoms with Crippen LogP contribution in [0, 0.1) is 10.1 Å². The summed E-state index contributed by atoms with van der Waals surface area (Å²) in [5, 5.41) is 23.5. The first-order valence-electron chi connectivity index (χ1n) is 6.73. The van der Waals surface area contributed by atoms with Crippen LogP contribution in [0.1, 0.15) is 20.8 Å². The van der Waals surface area contributed by atoms with E-state index in [1.807, 2.05) is 27.0 Å². The van der Waals surface area contributed by atoms with Gasteiger partial charge in [-0.3, -0.25) is 10.1 Å². The van der Waals surface area contributed by atoms with Gasteiger partial charge in [-0.1, -0.05) is 0 Å². The monoisotopic (exact) mass is 314 g/mol. The van der Waals surface area contributed by atoms with Gasteiger partial charge in [-0.25, -0.2) is 0 Å². The fourth-order valence-corrected chi connectivity index (χ4v) is 2.53. The van der Waals surface area contributed by atoms with E-state index in [9.17, 15) is 15.2 Å². The summed E-state index contributed by atoms with van der Waals surface area (Å²) in [6, 6.07) is 4.59. The molecular weight excluding hydrogens is 292 g/mol. The molecule has 0 radical (unpaired) electrons. The molecule has 1 aromatic rings. The molecule has 6 nitrogen and oxygen atoms in total. The topological polar surface area (TPSA) is 84.6 Å². The lowest BCUT2D eigenvalue weighted by Crippen LogP contribution is -2.30. The summed E-state index contributed by atoms with van der Waals surface area (Å²) >= 11 is 1.54. The molecule has 0 spiro atoms. The van der Waals surface area contributed by atoms with E-state index in [1.54, 1.807) is 17.8 Å². The Hall–Kier alpha value is -1.47. The van der Waals surface area contributed by atoms with Crippen LogP contribution in [0.3, 0.4) is 0 Å². The predicted octanol–water partition coefficient (Wildman–Crippen LogP) is 2.91. The number of nitro benzene ring substituents is 1. The van der Waals surface area contributed by atoms with Crippen molar-refractivity contribution < 1.29 is 14.8 Å². The molecule has 2 atom stereocenters. The second kappa shape index (κ2) is 8.09. The van der Waals surface area contributed by atoms with Crippen molar-refractivity contribution in [1.82, 2.24) is 0 Å². The van der Waals surface area contributed by atoms with Gasteiger partial charge in [0.05, 0.1) is 23.7 Å². The van der Waals surface area contributed by atoms with Gasteiger partial charge >= 0.3 is 0 Å². The third kappa shape index (κ3) is 5.43. The van der Waals surface area contributed by atoms with Gasteiger partial charge < -0.3 is 15.2 Å². The zero-order chi connectivity index (χ0) is 16.0. The van der Waals surface area contributed by atoms with Crippen LogP contribution in [0.5, 0.6) is 5.75 Å². The molecule has 0 saturated heterocycles. The van der Waals surface area contributed by atoms with Gasteiger partial charge in [0, 0.05) is 29.1 Å². The van der Waals surface area contributed by atoms with E-state index in [2.05, 4.69) is 5.32 Å². The minimum absolute atomic E-state index is 0.0127. The molecule has 0 fully saturated rings. The molecule has 118 valence electrons. The normalized spacial score (nSPS) is 13.8. The number of hydrogen-bond acceptors (Lipinski definition) is 6. The molecular formula is C14H22N2O4S. The lowest BCUT2D eigenvalue weighted by molar-refractivity contribution is -0.384. The summed E-state index contributed by atoms with van der Waals surface area (Å²) in [7, 11) is 0. The van der Waals surface area contributed by atoms with Gasteiger partial charge in [0.2, 0.25) is 0 Å². The molecule has 0 aromatic heterocycles. The lowest BCUT2D eigenvalue weighted by atomic mass is 10.2. The van der Waals surface area contributed by atoms with Crippen molar-refractivity contribution in [3.63, 3.8) is 0 Å². The number of aliphatic hydroxyl groups excluding tert-OH is 1. The number of thioether (sulfide) groups is 1. The van der Waals surface area contributed by atoms with E-state index in [1.165, 1.54) is 12.1 Å². The number of anilines is 1. The van der Waals surface area contributed by atoms with Gasteiger partial charge in [-0.15, -0.1) is 0 Å². The number of hydrogen-bond donors (Lipinski definition) is 2. The van der Waals surface area contributed by atoms with E-state index >= 15 is 0 Å². The maximum Gasteiger partial charge on any atom is 0.275 e. The summed E-state index contributed by atoms with van der Waals surface area (Å²) in [6.45, 7) is 5.70. The third-order valence-corrected chi connectivity index (χ3v) is 4.07. The van der Waals surface area contributed by atoms with Crippen LogP contribution in [-0.4, -0.2) is 40.3 Å². The van der Waals surface area contributed by atoms with Crippen molar-refractivity contribution in [3.05, 3.63) is 28.3 Å². The number of nitro groups is 1. The summed E-state index contributed by atoms with van der Waals surface area (Å²) in [4.78, 5) is 10.6. The van der Waals surface area contributed by atoms with E-state index in [0.717, 1.165) is 0 Å². The van der Waals surface area contributed by atoms with Crippen LogP contribution in [-0.2, 0) is 0 Å². The van der Waals surface area contributed by atoms with Crippen LogP contribution < -0.4 is 10.1 Å². The van der Waals surface area contributed by atoms with Gasteiger partial charge in [0.15, 0.2) is 0 Å². The van der Waals surface area contributed by atoms with Gasteiger partial charge in [-0.2, -0.15) is 11.8 Å². The zero-order valence-electron chi connectivity index (χ0n) is 12.7. The van der Waals surface area contributed by atoms with Crippen molar-refractivity contribution in [2.75, 3.05) is 18.2 Å². The van der Waals surface area contributed by atoms with Gasteiger partial charge in [-0.05, 0) is 27.0 Å². The van der Waals surface area contributed by atoms with E-state index < -0.39 is 4.92 Å². The molecule has 1 aromatic carbocycles. The molecule has 0 aliphatic heterocycles. The Kier molecular flexibility index (Phi) is 6.77. The smallest absolute Gasteiger partial charge is 0.275 e. The lowest BCUT2D eigenvalue weighted by Gasteiger charge is -2.22. The van der Waals surface area contributed by atoms with Crippen molar-refractivity contribution >= 4 is 23.1 Å². The fraction of sp³-hybridized carbons (Fsp3) is 0.571. The Bertz CT molecular complexity index is 478. The molecule has 7 heteroatoms. The number of non-ortho nitro benzene ring substituents is 1. The summed E-state index contributed by atoms with van der Waals surface area (Å²) in [5.41, 5.74) is 0.590. The van der Waals surface area contributed by atoms with Gasteiger partial charge in [0.25, 0.3) is 5.69 Å². The highest BCUT2D eigenvalue weighted by Crippen LogP contribution is 2.28. The van der Waals surface area contributed by atoms with E-state index in [0.29, 0.717) is 11.4 Å². The SMILES string of the molecule is CSC(CO)C(C)Nc1cc(OC(C)C)cc([N+](=O)[O-])c1. The van der Waals surface area contributed by atoms with Crippen molar-refractivity contribution in [1.29, 1.82) is 0 Å². The maximum absolute atomic E-state index is 11.0. The first kappa shape index (κ1) is 17.6. The molecule has 2 unspecified atom stereocenters. The number of nitrogens with one attached hydrogen (secondary N) is 1. The standard InChI is InChI=1S/C14H22N2O4S/c1-9(2)20-13-6-11(5-12(7-13)16(18)19)15-10(3)14(8-17)21-4/h5-7,9-10,14-15,17H,8H2,1-4H3. The minimum atomic E-state index is -0.443. The highest BCUT2D eigenvalue weighted by molar-refractivity contribution is 7.99. The second-order valence-corrected chi connectivity index (χ2v) is 6.11. The third-order valence-electron chi connectivity index (χ3n) is 2.91. The minimum Gasteiger partial charge on any atom is -0.491 e. The summed E-state index contributed by atoms with van der Waals surface area (Å²) in [5.74, 6) is 0.457. The maximum atomic E-state index is 11.0. The molecule has 0 bridgehead atoms. The van der Waals surface area contributed by atoms with Crippen LogP contribution in [0.4, 0.5) is 11.4 Å². The molecule has 0 aliphatic carbocycles. The zero-order valence-corrected chi connectivity index (χ0v) is 13.5. The Morgan fingerprint density at radius 2 is 2.05 bits per heavy atom. The van der Waals surface area contributed by atoms with Crippen molar-refractivity contribution in [2.24, 2.45) is 0 Å². The first-order valence-corrected chi connectivity index (χ1v) is 8.02. The molecule has 2 N–H and O–H groups in total. The average Bonchev–Trinajstić information content (AvgIpc) is 2.38. The Morgan fingerprint density at radius 1 is 1.38 bits per heavy atom. The fourth-order valence-electron chi connectivity index (χ4n) is 1.90. The Labute approximate surface area is 129 Å². The summed E-state index contributed by atoms with van der Waals surface area (Å²) < 4.78 is 5.54. The number of ether oxygens (including phenoxy) is 1. The highest BCUT2D eigenvalue weighted by atomic mass is 32.2. The molecule has 0 heterocycles. The molecule has 1 rings (SSSR count). The second-order valence-electron chi connectivity index (χ2n) is 5.03. The van der Waals surface area contributed by atoms with Crippen molar-refractivity contribution in [2.45, 2.75) is 38.2 Å². The van der Waals surface area contributed by atoms with Crippen LogP contribution >= 0.6 is 11.8 Å². The van der Waals surface area contributed by atoms with Crippen LogP contribution in [0.25, 0.3) is 0 Å². The largest absolute Gasteiger partial charge is 0.491 e. The van der Waals surface area contributed by atoms with Crippen molar-refractivity contribution in [3.8, 4) is 5.75 Å². The molecule has 0 aliphatic rings. The quantitative estimate of drug-likeness (QED) is 0.567. The number of aliphatic hydroxyl groups is 1.